The summed E-state index contributed by atoms with van der Waals surface area (Å²) in [5.74, 6) is -4.42. The number of nitrogen functional groups attached to an aromatic ring is 1. The van der Waals surface area contributed by atoms with Crippen molar-refractivity contribution in [2.24, 2.45) is 17.8 Å². The lowest BCUT2D eigenvalue weighted by Gasteiger charge is -2.27. The lowest BCUT2D eigenvalue weighted by molar-refractivity contribution is -0.120. The SMILES string of the molecule is CC(C)(C)OC(=O)N(CC(F)(F)F)c1cc(-c2nc(C(=O)Nc3cn(C4CCC(C=O)CC4)nc3C(F)F)co2)ccn1.CC(C)(C)OC(=O)N(CC(F)(F)F)c1cc(-c2nc(C(=O)Nc3cn(C4CCC(CO)CC4)nc3C(F)F)co2)ccn1.CC(C)(C)OC(=O)N(CC(F)(F)F)c1cc(-c2nc(C(=O)O)co2)ccn1.Nc1cn(C2CCC(CO)CC2)nc1C(F)F.[2H][3H]. The largest absolute Gasteiger partial charge is 0.476 e. The number of carbonyl (C=O) groups is 7. The Morgan fingerprint density at radius 3 is 1.05 bits per heavy atom. The van der Waals surface area contributed by atoms with Gasteiger partial charge in [-0.1, -0.05) is 0 Å². The molecule has 130 heavy (non-hydrogen) atoms. The zero-order valence-electron chi connectivity index (χ0n) is 73.1. The predicted molar refractivity (Wildman–Crippen MR) is 432 cm³/mol. The number of aldehydes is 1. The minimum atomic E-state index is -4.78. The van der Waals surface area contributed by atoms with E-state index in [4.69, 9.17) is 46.4 Å². The van der Waals surface area contributed by atoms with Crippen LogP contribution in [-0.2, 0) is 19.0 Å². The van der Waals surface area contributed by atoms with Crippen molar-refractivity contribution in [1.29, 1.82) is 0 Å². The molecule has 3 aliphatic carbocycles. The second kappa shape index (κ2) is 42.7. The van der Waals surface area contributed by atoms with E-state index in [-0.39, 0.29) is 123 Å². The van der Waals surface area contributed by atoms with Gasteiger partial charge < -0.3 is 63.9 Å². The summed E-state index contributed by atoms with van der Waals surface area (Å²) in [5, 5.41) is 43.8. The van der Waals surface area contributed by atoms with Gasteiger partial charge in [0.1, 0.15) is 79.0 Å². The van der Waals surface area contributed by atoms with Crippen LogP contribution in [0.2, 0.25) is 0 Å². The summed E-state index contributed by atoms with van der Waals surface area (Å²) >= 11 is 0. The molecule has 0 aliphatic heterocycles. The number of aliphatic hydroxyl groups excluding tert-OH is 2. The third-order valence-electron chi connectivity index (χ3n) is 19.5. The molecule has 7 N–H and O–H groups in total. The summed E-state index contributed by atoms with van der Waals surface area (Å²) in [4.78, 5) is 109. The van der Waals surface area contributed by atoms with Crippen LogP contribution >= 0.6 is 0 Å². The number of hydrogen-bond donors (Lipinski definition) is 6. The van der Waals surface area contributed by atoms with Gasteiger partial charge in [-0.3, -0.25) is 38.3 Å². The van der Waals surface area contributed by atoms with Crippen LogP contribution in [0.25, 0.3) is 34.4 Å². The van der Waals surface area contributed by atoms with Gasteiger partial charge in [0.2, 0.25) is 17.7 Å². The highest BCUT2D eigenvalue weighted by atomic mass is 19.4. The number of pyridine rings is 3. The Kier molecular flexibility index (Phi) is 32.6. The van der Waals surface area contributed by atoms with E-state index in [1.165, 1.54) is 108 Å². The number of nitrogens with one attached hydrogen (secondary N) is 2. The Hall–Kier alpha value is -12.7. The molecule has 0 saturated heterocycles. The van der Waals surface area contributed by atoms with E-state index in [0.29, 0.717) is 59.1 Å². The monoisotopic (exact) mass is 1860 g/mol. The molecular formula is C81H95F15N18O16. The smallest absolute Gasteiger partial charge is 0.416 e. The molecule has 9 aromatic rings. The first-order chi connectivity index (χ1) is 61.7. The second-order valence-corrected chi connectivity index (χ2v) is 33.2. The van der Waals surface area contributed by atoms with Crippen molar-refractivity contribution in [2.45, 2.75) is 212 Å². The molecule has 0 bridgehead atoms. The zero-order chi connectivity index (χ0) is 97.9. The normalized spacial score (nSPS) is 17.5. The minimum Gasteiger partial charge on any atom is -0.476 e. The van der Waals surface area contributed by atoms with Gasteiger partial charge in [0.15, 0.2) is 34.2 Å². The van der Waals surface area contributed by atoms with Crippen LogP contribution in [-0.4, -0.2) is 185 Å². The Morgan fingerprint density at radius 1 is 0.492 bits per heavy atom. The van der Waals surface area contributed by atoms with Gasteiger partial charge in [0.05, 0.1) is 35.2 Å². The summed E-state index contributed by atoms with van der Waals surface area (Å²) in [6.45, 7) is 8.81. The summed E-state index contributed by atoms with van der Waals surface area (Å²) in [5.41, 5.74) is -0.326. The fourth-order valence-electron chi connectivity index (χ4n) is 13.4. The number of nitrogens with zero attached hydrogens (tertiary/aromatic N) is 15. The maximum Gasteiger partial charge on any atom is 0.416 e. The van der Waals surface area contributed by atoms with Crippen LogP contribution in [0.5, 0.6) is 0 Å². The molecule has 49 heteroatoms. The number of ether oxygens (including phenoxy) is 3. The van der Waals surface area contributed by atoms with E-state index < -0.39 is 133 Å². The number of anilines is 6. The van der Waals surface area contributed by atoms with E-state index in [1.807, 2.05) is 0 Å². The third kappa shape index (κ3) is 29.4. The van der Waals surface area contributed by atoms with E-state index in [0.717, 1.165) is 100 Å². The first kappa shape index (κ1) is 99.4. The Bertz CT molecular complexity index is 5330. The number of amides is 5. The summed E-state index contributed by atoms with van der Waals surface area (Å²) in [7, 11) is 0. The Morgan fingerprint density at radius 2 is 0.785 bits per heavy atom. The number of aliphatic hydroxyl groups is 2. The fraction of sp³-hybridized carbons (Fsp3) is 0.506. The molecule has 3 fully saturated rings. The van der Waals surface area contributed by atoms with Crippen LogP contribution in [0, 0.1) is 17.8 Å². The standard InChI is InChI=1S/C27H31F5N6O5.C27H29F5N6O5.C16H16F3N3O5.C11H17F2N3O.H2/c2*1-26(2,3)43-25(41)37(14-27(30,31)32)20-10-16(8-9-33-20)24-35-19(13-42-24)23(40)34-18-11-38(36-21(18)22(28)29)17-6-4-15(12-39)5-7-17;1-15(2,3)27-14(25)22(8-16(17,18)19)11-6-9(4-5-20-11)12-21-10(7-26-12)13(23)24;12-11(13)10-9(14)5-16(15-10)8-3-1-7(6-17)2-4-8;/h8-11,13,15,17,22,39H,4-7,12,14H2,1-3H3,(H,34,40);8-13,15,17,22H,4-7,14H2,1-3H3,(H,34,40);4-7H,8H2,1-3H3,(H,23,24);5,7-8,11,17H,1-4,6,14H2;1H/i;;;;1+2D. The number of carbonyl (C=O) groups excluding carboxylic acids is 6. The molecule has 710 valence electrons. The number of alkyl halides is 15. The molecule has 0 atom stereocenters. The highest BCUT2D eigenvalue weighted by Crippen LogP contribution is 2.40. The highest BCUT2D eigenvalue weighted by Gasteiger charge is 2.41. The van der Waals surface area contributed by atoms with Crippen molar-refractivity contribution >= 4 is 76.9 Å². The van der Waals surface area contributed by atoms with E-state index >= 15 is 0 Å². The molecule has 3 aliphatic rings. The molecule has 3 saturated carbocycles. The van der Waals surface area contributed by atoms with Crippen molar-refractivity contribution < 1.29 is 145 Å². The fourth-order valence-corrected chi connectivity index (χ4v) is 13.4. The molecule has 0 aromatic carbocycles. The van der Waals surface area contributed by atoms with E-state index in [2.05, 4.69) is 55.8 Å². The van der Waals surface area contributed by atoms with Crippen LogP contribution in [0.1, 0.15) is 228 Å². The quantitative estimate of drug-likeness (QED) is 0.0197. The number of carboxylic acids is 1. The van der Waals surface area contributed by atoms with Crippen LogP contribution < -0.4 is 31.1 Å². The second-order valence-electron chi connectivity index (χ2n) is 33.2. The molecule has 0 spiro atoms. The summed E-state index contributed by atoms with van der Waals surface area (Å²) < 4.78 is 244. The molecular weight excluding hydrogens is 1770 g/mol. The van der Waals surface area contributed by atoms with Crippen LogP contribution in [0.3, 0.4) is 0 Å². The summed E-state index contributed by atoms with van der Waals surface area (Å²) in [6, 6.07) is 7.09. The number of nitrogens with two attached hydrogens (primary N) is 1. The minimum absolute atomic E-state index is 0.0595. The van der Waals surface area contributed by atoms with Crippen molar-refractivity contribution in [2.75, 3.05) is 63.9 Å². The van der Waals surface area contributed by atoms with Gasteiger partial charge in [-0.25, -0.2) is 75.4 Å². The predicted octanol–water partition coefficient (Wildman–Crippen LogP) is 18.6. The van der Waals surface area contributed by atoms with Crippen LogP contribution in [0.15, 0.2) is 106 Å². The highest BCUT2D eigenvalue weighted by molar-refractivity contribution is 6.04. The van der Waals surface area contributed by atoms with Gasteiger partial charge in [0, 0.05) is 76.0 Å². The average molecular weight is 1860 g/mol. The van der Waals surface area contributed by atoms with Gasteiger partial charge >= 0.3 is 42.8 Å². The Labute approximate surface area is 733 Å². The number of aromatic nitrogens is 12. The number of hydrogen-bond acceptors (Lipinski definition) is 25. The third-order valence-corrected chi connectivity index (χ3v) is 19.5. The molecule has 34 nitrogen and oxygen atoms in total. The molecule has 9 heterocycles. The maximum atomic E-state index is 13.7. The Balaban J connectivity index is 0.000000226. The lowest BCUT2D eigenvalue weighted by atomic mass is 9.87. The van der Waals surface area contributed by atoms with Crippen molar-refractivity contribution in [1.82, 2.24) is 59.2 Å². The molecule has 12 rings (SSSR count). The maximum absolute atomic E-state index is 13.7. The van der Waals surface area contributed by atoms with Gasteiger partial charge in [-0.05, 0) is 188 Å². The topological polar surface area (TPSA) is 438 Å². The molecule has 9 aromatic heterocycles. The van der Waals surface area contributed by atoms with E-state index in [9.17, 15) is 105 Å². The van der Waals surface area contributed by atoms with Crippen molar-refractivity contribution in [3.05, 3.63) is 127 Å². The van der Waals surface area contributed by atoms with Gasteiger partial charge in [-0.2, -0.15) is 54.8 Å². The number of carboxylic acid groups (broad SMARTS) is 1. The van der Waals surface area contributed by atoms with Gasteiger partial charge in [0.25, 0.3) is 31.1 Å². The first-order valence-corrected chi connectivity index (χ1v) is 40.1. The van der Waals surface area contributed by atoms with Gasteiger partial charge in [-0.15, -0.1) is 0 Å². The number of halogens is 15. The molecule has 0 radical (unpaired) electrons. The number of aromatic carboxylic acids is 1. The lowest BCUT2D eigenvalue weighted by Crippen LogP contribution is -2.42. The van der Waals surface area contributed by atoms with Crippen LogP contribution in [0.4, 0.5) is 115 Å². The van der Waals surface area contributed by atoms with E-state index in [1.54, 1.807) is 4.68 Å². The molecule has 0 unspecified atom stereocenters. The number of rotatable bonds is 23. The summed E-state index contributed by atoms with van der Waals surface area (Å²) in [6.07, 6.45) is -6.89. The first-order valence-electron chi connectivity index (χ1n) is 41.1. The number of oxazole rings is 3. The zero-order valence-corrected chi connectivity index (χ0v) is 71.1. The average Bonchev–Trinajstić information content (AvgIpc) is 1.69. The van der Waals surface area contributed by atoms with Crippen molar-refractivity contribution in [3.8, 4) is 34.4 Å². The van der Waals surface area contributed by atoms with Crippen molar-refractivity contribution in [3.63, 3.8) is 0 Å². The molecule has 5 amide bonds.